The number of hydrogen-bond donors (Lipinski definition) is 1. The first kappa shape index (κ1) is 25.6. The van der Waals surface area contributed by atoms with Gasteiger partial charge in [0.15, 0.2) is 0 Å². The Morgan fingerprint density at radius 1 is 1.36 bits per heavy atom. The quantitative estimate of drug-likeness (QED) is 0.561. The maximum atomic E-state index is 13.6. The Hall–Kier alpha value is -2.00. The van der Waals surface area contributed by atoms with E-state index in [0.717, 1.165) is 12.0 Å². The topological polar surface area (TPSA) is 62.2 Å². The van der Waals surface area contributed by atoms with E-state index in [4.69, 9.17) is 9.47 Å². The van der Waals surface area contributed by atoms with Crippen molar-refractivity contribution in [2.45, 2.75) is 51.9 Å². The van der Waals surface area contributed by atoms with E-state index >= 15 is 0 Å². The number of carbonyl (C=O) groups is 1. The van der Waals surface area contributed by atoms with Crippen molar-refractivity contribution in [2.24, 2.45) is 0 Å². The predicted octanol–water partition coefficient (Wildman–Crippen LogP) is 3.89. The van der Waals surface area contributed by atoms with Crippen LogP contribution in [0.2, 0.25) is 0 Å². The molecule has 0 spiro atoms. The molecular formula is C25H35FN2O4S. The minimum absolute atomic E-state index is 0.00881. The summed E-state index contributed by atoms with van der Waals surface area (Å²) in [5.74, 6) is 0.0836. The Balaban J connectivity index is 1.65. The van der Waals surface area contributed by atoms with Crippen LogP contribution >= 0.6 is 11.3 Å². The molecule has 1 aliphatic rings. The van der Waals surface area contributed by atoms with Crippen LogP contribution in [0, 0.1) is 5.82 Å². The summed E-state index contributed by atoms with van der Waals surface area (Å²) in [6.45, 7) is 10.1. The normalized spacial score (nSPS) is 17.2. The molecule has 0 fully saturated rings. The number of carbonyl (C=O) groups excluding carboxylic acids is 1. The maximum absolute atomic E-state index is 13.6. The molecule has 8 heteroatoms. The number of amides is 1. The highest BCUT2D eigenvalue weighted by Crippen LogP contribution is 2.34. The third kappa shape index (κ3) is 7.50. The number of nitrogens with zero attached hydrogens (tertiary/aromatic N) is 2. The molecular weight excluding hydrogens is 443 g/mol. The summed E-state index contributed by atoms with van der Waals surface area (Å²) in [5.41, 5.74) is 0.770. The molecule has 2 heterocycles. The predicted molar refractivity (Wildman–Crippen MR) is 128 cm³/mol. The van der Waals surface area contributed by atoms with E-state index in [0.29, 0.717) is 25.4 Å². The van der Waals surface area contributed by atoms with E-state index in [9.17, 15) is 14.3 Å². The van der Waals surface area contributed by atoms with Crippen LogP contribution in [0.3, 0.4) is 0 Å². The summed E-state index contributed by atoms with van der Waals surface area (Å²) >= 11 is 1.69. The third-order valence-electron chi connectivity index (χ3n) is 5.60. The van der Waals surface area contributed by atoms with Gasteiger partial charge in [-0.25, -0.2) is 4.39 Å². The SMILES string of the molecule is CCN(CC(=O)N1CCc2sccc2C1COc1cccc(F)c1)CC(O)COC(C)(C)C. The number of benzene rings is 1. The van der Waals surface area contributed by atoms with Crippen LogP contribution in [0.4, 0.5) is 4.39 Å². The summed E-state index contributed by atoms with van der Waals surface area (Å²) in [6.07, 6.45) is 0.137. The number of rotatable bonds is 10. The zero-order valence-corrected chi connectivity index (χ0v) is 20.7. The second kappa shape index (κ2) is 11.4. The van der Waals surface area contributed by atoms with Crippen LogP contribution in [-0.2, 0) is 16.0 Å². The average Bonchev–Trinajstić information content (AvgIpc) is 3.24. The van der Waals surface area contributed by atoms with E-state index in [2.05, 4.69) is 0 Å². The van der Waals surface area contributed by atoms with Gasteiger partial charge in [0, 0.05) is 24.0 Å². The molecule has 1 aromatic heterocycles. The number of ether oxygens (including phenoxy) is 2. The van der Waals surface area contributed by atoms with Crippen LogP contribution in [0.15, 0.2) is 35.7 Å². The van der Waals surface area contributed by atoms with Gasteiger partial charge < -0.3 is 19.5 Å². The fourth-order valence-electron chi connectivity index (χ4n) is 3.89. The molecule has 6 nitrogen and oxygen atoms in total. The van der Waals surface area contributed by atoms with Crippen LogP contribution in [-0.4, -0.2) is 71.9 Å². The lowest BCUT2D eigenvalue weighted by Gasteiger charge is -2.37. The van der Waals surface area contributed by atoms with E-state index in [1.807, 2.05) is 48.9 Å². The van der Waals surface area contributed by atoms with Crippen molar-refractivity contribution in [1.82, 2.24) is 9.80 Å². The van der Waals surface area contributed by atoms with E-state index in [1.165, 1.54) is 17.0 Å². The van der Waals surface area contributed by atoms with Crippen LogP contribution in [0.5, 0.6) is 5.75 Å². The molecule has 2 atom stereocenters. The lowest BCUT2D eigenvalue weighted by molar-refractivity contribution is -0.136. The van der Waals surface area contributed by atoms with E-state index in [-0.39, 0.29) is 43.1 Å². The maximum Gasteiger partial charge on any atom is 0.237 e. The van der Waals surface area contributed by atoms with Crippen molar-refractivity contribution in [3.05, 3.63) is 52.0 Å². The van der Waals surface area contributed by atoms with Gasteiger partial charge in [0.1, 0.15) is 18.2 Å². The van der Waals surface area contributed by atoms with Gasteiger partial charge in [-0.3, -0.25) is 9.69 Å². The van der Waals surface area contributed by atoms with Gasteiger partial charge in [0.2, 0.25) is 5.91 Å². The highest BCUT2D eigenvalue weighted by atomic mass is 32.1. The largest absolute Gasteiger partial charge is 0.491 e. The number of aliphatic hydroxyl groups is 1. The van der Waals surface area contributed by atoms with Gasteiger partial charge in [-0.2, -0.15) is 0 Å². The van der Waals surface area contributed by atoms with Crippen LogP contribution < -0.4 is 4.74 Å². The molecule has 3 rings (SSSR count). The number of thiophene rings is 1. The Morgan fingerprint density at radius 2 is 2.15 bits per heavy atom. The summed E-state index contributed by atoms with van der Waals surface area (Å²) in [6, 6.07) is 7.86. The molecule has 2 aromatic rings. The second-order valence-corrected chi connectivity index (χ2v) is 10.3. The number of aliphatic hydroxyl groups excluding tert-OH is 1. The standard InChI is InChI=1S/C25H35FN2O4S/c1-5-27(14-19(29)16-32-25(2,3)4)15-24(30)28-11-9-23-21(10-12-33-23)22(28)17-31-20-8-6-7-18(26)13-20/h6-8,10,12-13,19,22,29H,5,9,11,14-17H2,1-4H3. The first-order valence-electron chi connectivity index (χ1n) is 11.4. The fourth-order valence-corrected chi connectivity index (χ4v) is 4.82. The number of hydrogen-bond acceptors (Lipinski definition) is 6. The Bertz CT molecular complexity index is 914. The van der Waals surface area contributed by atoms with Crippen molar-refractivity contribution in [2.75, 3.05) is 39.4 Å². The third-order valence-corrected chi connectivity index (χ3v) is 6.60. The smallest absolute Gasteiger partial charge is 0.237 e. The first-order valence-corrected chi connectivity index (χ1v) is 12.3. The molecule has 1 aliphatic heterocycles. The van der Waals surface area contributed by atoms with Crippen LogP contribution in [0.25, 0.3) is 0 Å². The molecule has 1 aromatic carbocycles. The Labute approximate surface area is 199 Å². The molecule has 1 N–H and O–H groups in total. The van der Waals surface area contributed by atoms with Crippen molar-refractivity contribution in [3.63, 3.8) is 0 Å². The summed E-state index contributed by atoms with van der Waals surface area (Å²) < 4.78 is 25.1. The zero-order chi connectivity index (χ0) is 24.0. The lowest BCUT2D eigenvalue weighted by Crippen LogP contribution is -2.48. The molecule has 0 saturated carbocycles. The van der Waals surface area contributed by atoms with E-state index in [1.54, 1.807) is 23.5 Å². The number of likely N-dealkylation sites (N-methyl/N-ethyl adjacent to an activating group) is 1. The van der Waals surface area contributed by atoms with Crippen molar-refractivity contribution < 1.29 is 23.8 Å². The molecule has 182 valence electrons. The van der Waals surface area contributed by atoms with Gasteiger partial charge in [-0.1, -0.05) is 13.0 Å². The van der Waals surface area contributed by atoms with Crippen molar-refractivity contribution >= 4 is 17.2 Å². The molecule has 1 amide bonds. The van der Waals surface area contributed by atoms with Gasteiger partial charge in [0.25, 0.3) is 0 Å². The minimum Gasteiger partial charge on any atom is -0.491 e. The summed E-state index contributed by atoms with van der Waals surface area (Å²) in [4.78, 5) is 18.4. The van der Waals surface area contributed by atoms with Crippen molar-refractivity contribution in [3.8, 4) is 5.75 Å². The fraction of sp³-hybridized carbons (Fsp3) is 0.560. The molecule has 0 aliphatic carbocycles. The molecule has 0 bridgehead atoms. The molecule has 0 saturated heterocycles. The highest BCUT2D eigenvalue weighted by Gasteiger charge is 2.33. The molecule has 0 radical (unpaired) electrons. The minimum atomic E-state index is -0.672. The molecule has 2 unspecified atom stereocenters. The van der Waals surface area contributed by atoms with Crippen LogP contribution in [0.1, 0.15) is 44.2 Å². The molecule has 33 heavy (non-hydrogen) atoms. The highest BCUT2D eigenvalue weighted by molar-refractivity contribution is 7.10. The second-order valence-electron chi connectivity index (χ2n) is 9.33. The number of halogens is 1. The Morgan fingerprint density at radius 3 is 2.85 bits per heavy atom. The first-order chi connectivity index (χ1) is 15.7. The lowest BCUT2D eigenvalue weighted by atomic mass is 10.0. The average molecular weight is 479 g/mol. The monoisotopic (exact) mass is 478 g/mol. The zero-order valence-electron chi connectivity index (χ0n) is 19.9. The van der Waals surface area contributed by atoms with Crippen molar-refractivity contribution in [1.29, 1.82) is 0 Å². The summed E-state index contributed by atoms with van der Waals surface area (Å²) in [5, 5.41) is 12.4. The van der Waals surface area contributed by atoms with E-state index < -0.39 is 6.10 Å². The van der Waals surface area contributed by atoms with Gasteiger partial charge in [0.05, 0.1) is 30.9 Å². The van der Waals surface area contributed by atoms with Gasteiger partial charge in [-0.15, -0.1) is 11.3 Å². The van der Waals surface area contributed by atoms with Gasteiger partial charge in [-0.05, 0) is 62.9 Å². The number of fused-ring (bicyclic) bond motifs is 1. The van der Waals surface area contributed by atoms with Gasteiger partial charge >= 0.3 is 0 Å². The summed E-state index contributed by atoms with van der Waals surface area (Å²) in [7, 11) is 0. The Kier molecular flexibility index (Phi) is 8.87.